The summed E-state index contributed by atoms with van der Waals surface area (Å²) >= 11 is 0. The number of alkyl halides is 3. The van der Waals surface area contributed by atoms with Crippen molar-refractivity contribution in [3.63, 3.8) is 0 Å². The van der Waals surface area contributed by atoms with Gasteiger partial charge in [-0.05, 0) is 92.7 Å². The van der Waals surface area contributed by atoms with E-state index >= 15 is 0 Å². The summed E-state index contributed by atoms with van der Waals surface area (Å²) in [4.78, 5) is 12.6. The van der Waals surface area contributed by atoms with Gasteiger partial charge in [-0.15, -0.1) is 0 Å². The zero-order chi connectivity index (χ0) is 21.1. The van der Waals surface area contributed by atoms with E-state index in [0.717, 1.165) is 24.9 Å². The van der Waals surface area contributed by atoms with Crippen LogP contribution < -0.4 is 0 Å². The number of carbonyl (C=O) groups is 1. The number of nitrogens with zero attached hydrogens (tertiary/aromatic N) is 1. The molecule has 0 spiro atoms. The van der Waals surface area contributed by atoms with E-state index in [1.807, 2.05) is 29.1 Å². The van der Waals surface area contributed by atoms with E-state index in [2.05, 4.69) is 0 Å². The number of aromatic nitrogens is 1. The number of hydrogen-bond donors (Lipinski definition) is 1. The summed E-state index contributed by atoms with van der Waals surface area (Å²) in [5.41, 5.74) is -0.169. The Balaban J connectivity index is 1.59. The van der Waals surface area contributed by atoms with Gasteiger partial charge in [-0.25, -0.2) is 0 Å². The highest BCUT2D eigenvalue weighted by Crippen LogP contribution is 2.64. The molecule has 1 heterocycles. The topological polar surface area (TPSA) is 42.2 Å². The maximum Gasteiger partial charge on any atom is 0.454 e. The lowest BCUT2D eigenvalue weighted by Gasteiger charge is -2.57. The van der Waals surface area contributed by atoms with Crippen molar-refractivity contribution >= 4 is 11.5 Å². The molecule has 2 aromatic rings. The van der Waals surface area contributed by atoms with Crippen LogP contribution in [-0.2, 0) is 4.79 Å². The first-order valence-corrected chi connectivity index (χ1v) is 10.5. The van der Waals surface area contributed by atoms with Crippen LogP contribution in [0.2, 0.25) is 0 Å². The van der Waals surface area contributed by atoms with Crippen LogP contribution >= 0.6 is 0 Å². The Bertz CT molecular complexity index is 951. The lowest BCUT2D eigenvalue weighted by atomic mass is 9.47. The van der Waals surface area contributed by atoms with Crippen molar-refractivity contribution in [3.8, 4) is 5.69 Å². The third-order valence-electron chi connectivity index (χ3n) is 7.33. The maximum absolute atomic E-state index is 13.6. The van der Waals surface area contributed by atoms with Gasteiger partial charge >= 0.3 is 6.18 Å². The Morgan fingerprint density at radius 1 is 0.933 bits per heavy atom. The van der Waals surface area contributed by atoms with Crippen LogP contribution in [0.4, 0.5) is 13.2 Å². The molecule has 4 bridgehead atoms. The van der Waals surface area contributed by atoms with Gasteiger partial charge in [-0.2, -0.15) is 13.2 Å². The molecule has 4 aliphatic carbocycles. The number of aliphatic hydroxyl groups excluding tert-OH is 1. The monoisotopic (exact) mass is 415 g/mol. The molecule has 0 atom stereocenters. The van der Waals surface area contributed by atoms with Crippen LogP contribution in [0.15, 0.2) is 54.4 Å². The molecule has 1 aromatic carbocycles. The molecule has 4 fully saturated rings. The van der Waals surface area contributed by atoms with Crippen LogP contribution in [0.25, 0.3) is 11.4 Å². The van der Waals surface area contributed by atoms with E-state index in [1.165, 1.54) is 0 Å². The number of ketones is 1. The summed E-state index contributed by atoms with van der Waals surface area (Å²) < 4.78 is 42.7. The molecule has 158 valence electrons. The van der Waals surface area contributed by atoms with E-state index in [9.17, 15) is 23.1 Å². The first kappa shape index (κ1) is 19.5. The average Bonchev–Trinajstić information content (AvgIpc) is 3.21. The van der Waals surface area contributed by atoms with E-state index in [-0.39, 0.29) is 5.56 Å². The van der Waals surface area contributed by atoms with Gasteiger partial charge in [0.05, 0.1) is 5.57 Å². The quantitative estimate of drug-likeness (QED) is 0.485. The lowest BCUT2D eigenvalue weighted by molar-refractivity contribution is -0.169. The summed E-state index contributed by atoms with van der Waals surface area (Å²) in [5, 5.41) is 11.0. The minimum Gasteiger partial charge on any atom is -0.507 e. The molecule has 1 N–H and O–H groups in total. The van der Waals surface area contributed by atoms with Crippen molar-refractivity contribution in [2.24, 2.45) is 23.2 Å². The normalized spacial score (nSPS) is 31.0. The summed E-state index contributed by atoms with van der Waals surface area (Å²) in [6.07, 6.45) is 3.55. The third kappa shape index (κ3) is 3.17. The van der Waals surface area contributed by atoms with Gasteiger partial charge in [-0.3, -0.25) is 4.79 Å². The zero-order valence-corrected chi connectivity index (χ0v) is 16.5. The number of halogens is 3. The predicted octanol–water partition coefficient (Wildman–Crippen LogP) is 6.09. The van der Waals surface area contributed by atoms with Crippen molar-refractivity contribution in [2.75, 3.05) is 0 Å². The van der Waals surface area contributed by atoms with Gasteiger partial charge in [0.25, 0.3) is 5.78 Å². The molecule has 0 aliphatic heterocycles. The number of benzene rings is 1. The van der Waals surface area contributed by atoms with Crippen molar-refractivity contribution in [3.05, 3.63) is 59.9 Å². The SMILES string of the molecule is O=C(C(=C(O)c1ccc(-n2cccc2)cc1)C12CC3CC(CC(C3)C1)C2)C(F)(F)F. The van der Waals surface area contributed by atoms with Crippen LogP contribution in [-0.4, -0.2) is 21.6 Å². The summed E-state index contributed by atoms with van der Waals surface area (Å²) in [5.74, 6) is -1.31. The number of carbonyl (C=O) groups excluding carboxylic acids is 1. The molecule has 3 nitrogen and oxygen atoms in total. The van der Waals surface area contributed by atoms with Crippen molar-refractivity contribution in [2.45, 2.75) is 44.7 Å². The first-order chi connectivity index (χ1) is 14.2. The number of Topliss-reactive ketones (excluding diaryl/α,β-unsaturated/α-hetero) is 1. The standard InChI is InChI=1S/C24H24F3NO2/c25-24(26,27)22(30)20(23-12-15-9-16(13-23)11-17(10-15)14-23)21(29)18-3-5-19(6-4-18)28-7-1-2-8-28/h1-8,15-17,29H,9-14H2. The Morgan fingerprint density at radius 3 is 1.90 bits per heavy atom. The second-order valence-electron chi connectivity index (χ2n) is 9.39. The van der Waals surface area contributed by atoms with Crippen molar-refractivity contribution < 1.29 is 23.1 Å². The van der Waals surface area contributed by atoms with Gasteiger partial charge < -0.3 is 9.67 Å². The van der Waals surface area contributed by atoms with Gasteiger partial charge in [0.15, 0.2) is 0 Å². The highest BCUT2D eigenvalue weighted by atomic mass is 19.4. The zero-order valence-electron chi connectivity index (χ0n) is 16.5. The largest absolute Gasteiger partial charge is 0.507 e. The molecule has 0 radical (unpaired) electrons. The Kier molecular flexibility index (Phi) is 4.38. The molecule has 0 unspecified atom stereocenters. The number of allylic oxidation sites excluding steroid dienone is 1. The minimum absolute atomic E-state index is 0.259. The number of hydrogen-bond acceptors (Lipinski definition) is 2. The van der Waals surface area contributed by atoms with Crippen molar-refractivity contribution in [1.82, 2.24) is 4.57 Å². The predicted molar refractivity (Wildman–Crippen MR) is 107 cm³/mol. The molecule has 30 heavy (non-hydrogen) atoms. The molecule has 0 saturated heterocycles. The van der Waals surface area contributed by atoms with E-state index in [1.54, 1.807) is 24.3 Å². The molecule has 4 aliphatic rings. The fourth-order valence-corrected chi connectivity index (χ4v) is 6.60. The fraction of sp³-hybridized carbons (Fsp3) is 0.458. The Morgan fingerprint density at radius 2 is 1.43 bits per heavy atom. The van der Waals surface area contributed by atoms with E-state index in [4.69, 9.17) is 0 Å². The maximum atomic E-state index is 13.6. The Hall–Kier alpha value is -2.50. The van der Waals surface area contributed by atoms with Crippen LogP contribution in [0.3, 0.4) is 0 Å². The second-order valence-corrected chi connectivity index (χ2v) is 9.39. The smallest absolute Gasteiger partial charge is 0.454 e. The minimum atomic E-state index is -5.00. The fourth-order valence-electron chi connectivity index (χ4n) is 6.60. The molecule has 1 aromatic heterocycles. The molecule has 6 heteroatoms. The van der Waals surface area contributed by atoms with Crippen LogP contribution in [0, 0.1) is 23.2 Å². The van der Waals surface area contributed by atoms with Gasteiger partial charge in [-0.1, -0.05) is 0 Å². The third-order valence-corrected chi connectivity index (χ3v) is 7.33. The molecule has 6 rings (SSSR count). The second kappa shape index (κ2) is 6.76. The number of aliphatic hydroxyl groups is 1. The number of rotatable bonds is 4. The van der Waals surface area contributed by atoms with Gasteiger partial charge in [0, 0.05) is 29.1 Å². The Labute approximate surface area is 173 Å². The van der Waals surface area contributed by atoms with Gasteiger partial charge in [0.1, 0.15) is 5.76 Å². The molecular formula is C24H24F3NO2. The molecule has 4 saturated carbocycles. The van der Waals surface area contributed by atoms with Crippen LogP contribution in [0.5, 0.6) is 0 Å². The summed E-state index contributed by atoms with van der Waals surface area (Å²) in [7, 11) is 0. The highest BCUT2D eigenvalue weighted by molar-refractivity contribution is 6.06. The summed E-state index contributed by atoms with van der Waals surface area (Å²) in [6, 6.07) is 10.4. The molecule has 0 amide bonds. The highest BCUT2D eigenvalue weighted by Gasteiger charge is 2.58. The van der Waals surface area contributed by atoms with Crippen molar-refractivity contribution in [1.29, 1.82) is 0 Å². The van der Waals surface area contributed by atoms with Crippen LogP contribution in [0.1, 0.15) is 44.1 Å². The van der Waals surface area contributed by atoms with E-state index in [0.29, 0.717) is 37.0 Å². The van der Waals surface area contributed by atoms with E-state index < -0.39 is 28.7 Å². The first-order valence-electron chi connectivity index (χ1n) is 10.5. The molecular weight excluding hydrogens is 391 g/mol. The van der Waals surface area contributed by atoms with Gasteiger partial charge in [0.2, 0.25) is 0 Å². The summed E-state index contributed by atoms with van der Waals surface area (Å²) in [6.45, 7) is 0. The average molecular weight is 415 g/mol. The lowest BCUT2D eigenvalue weighted by Crippen LogP contribution is -2.49.